The number of hydrogen-bond donors (Lipinski definition) is 1. The van der Waals surface area contributed by atoms with Gasteiger partial charge in [0.05, 0.1) is 5.71 Å². The zero-order valence-electron chi connectivity index (χ0n) is 11.7. The molecule has 2 aliphatic carbocycles. The zero-order chi connectivity index (χ0) is 13.0. The predicted molar refractivity (Wildman–Crippen MR) is 76.0 cm³/mol. The van der Waals surface area contributed by atoms with Crippen LogP contribution in [0.2, 0.25) is 0 Å². The van der Waals surface area contributed by atoms with E-state index >= 15 is 0 Å². The van der Waals surface area contributed by atoms with Crippen LogP contribution in [0.15, 0.2) is 28.5 Å². The lowest BCUT2D eigenvalue weighted by atomic mass is 9.70. The summed E-state index contributed by atoms with van der Waals surface area (Å²) < 4.78 is 0. The van der Waals surface area contributed by atoms with Gasteiger partial charge >= 0.3 is 0 Å². The molecule has 0 spiro atoms. The van der Waals surface area contributed by atoms with Gasteiger partial charge in [-0.3, -0.25) is 0 Å². The summed E-state index contributed by atoms with van der Waals surface area (Å²) >= 11 is 0. The zero-order valence-corrected chi connectivity index (χ0v) is 11.7. The van der Waals surface area contributed by atoms with E-state index < -0.39 is 0 Å². The molecule has 0 aromatic carbocycles. The highest BCUT2D eigenvalue weighted by Crippen LogP contribution is 2.39. The van der Waals surface area contributed by atoms with Crippen molar-refractivity contribution in [3.05, 3.63) is 23.3 Å². The maximum atomic E-state index is 9.06. The van der Waals surface area contributed by atoms with E-state index in [9.17, 15) is 0 Å². The van der Waals surface area contributed by atoms with E-state index in [0.29, 0.717) is 5.92 Å². The number of hydrogen-bond acceptors (Lipinski definition) is 2. The smallest absolute Gasteiger partial charge is 0.0607 e. The van der Waals surface area contributed by atoms with Crippen LogP contribution in [-0.2, 0) is 0 Å². The van der Waals surface area contributed by atoms with Gasteiger partial charge < -0.3 is 5.21 Å². The van der Waals surface area contributed by atoms with Crippen molar-refractivity contribution in [2.24, 2.45) is 17.0 Å². The van der Waals surface area contributed by atoms with E-state index in [2.05, 4.69) is 31.2 Å². The van der Waals surface area contributed by atoms with E-state index in [1.807, 2.05) is 0 Å². The van der Waals surface area contributed by atoms with Crippen LogP contribution in [0, 0.1) is 11.8 Å². The molecule has 0 saturated heterocycles. The molecular weight excluding hydrogens is 222 g/mol. The second-order valence-electron chi connectivity index (χ2n) is 5.97. The Morgan fingerprint density at radius 1 is 1.50 bits per heavy atom. The van der Waals surface area contributed by atoms with Gasteiger partial charge in [-0.15, -0.1) is 0 Å². The van der Waals surface area contributed by atoms with Crippen molar-refractivity contribution in [2.75, 3.05) is 0 Å². The van der Waals surface area contributed by atoms with E-state index in [1.165, 1.54) is 37.7 Å². The standard InChI is InChI=1S/C16H25NO/c1-12(2)5-3-6-13-9-10-15-14(11-13)7-4-8-16(15)17-18/h5,9,14-15,18H,3-4,6-8,10-11H2,1-2H3/b17-16+. The second-order valence-corrected chi connectivity index (χ2v) is 5.97. The van der Waals surface area contributed by atoms with Crippen molar-refractivity contribution in [2.45, 2.75) is 58.8 Å². The van der Waals surface area contributed by atoms with Crippen LogP contribution in [0.4, 0.5) is 0 Å². The van der Waals surface area contributed by atoms with Gasteiger partial charge in [0.1, 0.15) is 0 Å². The average molecular weight is 247 g/mol. The molecule has 0 aromatic heterocycles. The summed E-state index contributed by atoms with van der Waals surface area (Å²) in [6.07, 6.45) is 12.9. The molecule has 2 nitrogen and oxygen atoms in total. The summed E-state index contributed by atoms with van der Waals surface area (Å²) in [5, 5.41) is 12.6. The minimum atomic E-state index is 0.524. The summed E-state index contributed by atoms with van der Waals surface area (Å²) in [5.41, 5.74) is 4.08. The van der Waals surface area contributed by atoms with Crippen LogP contribution in [0.3, 0.4) is 0 Å². The Hall–Kier alpha value is -1.05. The van der Waals surface area contributed by atoms with E-state index in [1.54, 1.807) is 5.57 Å². The normalized spacial score (nSPS) is 29.7. The lowest BCUT2D eigenvalue weighted by Crippen LogP contribution is -2.30. The third kappa shape index (κ3) is 3.24. The molecular formula is C16H25NO. The largest absolute Gasteiger partial charge is 0.411 e. The van der Waals surface area contributed by atoms with Crippen LogP contribution >= 0.6 is 0 Å². The Kier molecular flexibility index (Phi) is 4.62. The van der Waals surface area contributed by atoms with E-state index in [-0.39, 0.29) is 0 Å². The third-order valence-electron chi connectivity index (χ3n) is 4.34. The maximum Gasteiger partial charge on any atom is 0.0607 e. The van der Waals surface area contributed by atoms with Gasteiger partial charge in [0.15, 0.2) is 0 Å². The molecule has 2 atom stereocenters. The van der Waals surface area contributed by atoms with Crippen molar-refractivity contribution < 1.29 is 5.21 Å². The van der Waals surface area contributed by atoms with Gasteiger partial charge in [-0.25, -0.2) is 0 Å². The summed E-state index contributed by atoms with van der Waals surface area (Å²) in [6.45, 7) is 4.33. The fourth-order valence-corrected chi connectivity index (χ4v) is 3.37. The first-order valence-electron chi connectivity index (χ1n) is 7.22. The molecule has 2 unspecified atom stereocenters. The highest BCUT2D eigenvalue weighted by Gasteiger charge is 2.32. The molecule has 100 valence electrons. The van der Waals surface area contributed by atoms with Crippen LogP contribution in [-0.4, -0.2) is 10.9 Å². The summed E-state index contributed by atoms with van der Waals surface area (Å²) in [4.78, 5) is 0. The Labute approximate surface area is 110 Å². The third-order valence-corrected chi connectivity index (χ3v) is 4.34. The second kappa shape index (κ2) is 6.21. The van der Waals surface area contributed by atoms with Crippen LogP contribution in [0.5, 0.6) is 0 Å². The van der Waals surface area contributed by atoms with Crippen molar-refractivity contribution in [3.8, 4) is 0 Å². The molecule has 0 aliphatic heterocycles. The highest BCUT2D eigenvalue weighted by atomic mass is 16.4. The van der Waals surface area contributed by atoms with Crippen LogP contribution in [0.25, 0.3) is 0 Å². The monoisotopic (exact) mass is 247 g/mol. The topological polar surface area (TPSA) is 32.6 Å². The van der Waals surface area contributed by atoms with Gasteiger partial charge in [0.2, 0.25) is 0 Å². The van der Waals surface area contributed by atoms with Gasteiger partial charge in [0.25, 0.3) is 0 Å². The SMILES string of the molecule is CC(C)=CCCC1=CCC2/C(=N/O)CCCC2C1. The highest BCUT2D eigenvalue weighted by molar-refractivity contribution is 5.87. The Bertz CT molecular complexity index is 375. The van der Waals surface area contributed by atoms with Gasteiger partial charge in [-0.2, -0.15) is 0 Å². The number of allylic oxidation sites excluding steroid dienone is 4. The first kappa shape index (κ1) is 13.4. The molecule has 1 N–H and O–H groups in total. The van der Waals surface area contributed by atoms with Gasteiger partial charge in [0, 0.05) is 5.92 Å². The Balaban J connectivity index is 1.94. The number of nitrogens with zero attached hydrogens (tertiary/aromatic N) is 1. The number of oxime groups is 1. The molecule has 0 radical (unpaired) electrons. The first-order valence-corrected chi connectivity index (χ1v) is 7.22. The molecule has 1 fully saturated rings. The van der Waals surface area contributed by atoms with Gasteiger partial charge in [-0.1, -0.05) is 28.5 Å². The summed E-state index contributed by atoms with van der Waals surface area (Å²) in [7, 11) is 0. The Morgan fingerprint density at radius 3 is 3.06 bits per heavy atom. The minimum Gasteiger partial charge on any atom is -0.411 e. The van der Waals surface area contributed by atoms with Gasteiger partial charge in [-0.05, 0) is 64.7 Å². The molecule has 0 heterocycles. The molecule has 0 amide bonds. The molecule has 2 aliphatic rings. The van der Waals surface area contributed by atoms with E-state index in [0.717, 1.165) is 24.5 Å². The molecule has 0 aromatic rings. The fourth-order valence-electron chi connectivity index (χ4n) is 3.37. The van der Waals surface area contributed by atoms with Crippen LogP contribution in [0.1, 0.15) is 58.8 Å². The lowest BCUT2D eigenvalue weighted by molar-refractivity contribution is 0.284. The minimum absolute atomic E-state index is 0.524. The molecule has 2 heteroatoms. The first-order chi connectivity index (χ1) is 8.70. The number of fused-ring (bicyclic) bond motifs is 1. The van der Waals surface area contributed by atoms with E-state index in [4.69, 9.17) is 5.21 Å². The van der Waals surface area contributed by atoms with Crippen molar-refractivity contribution in [3.63, 3.8) is 0 Å². The van der Waals surface area contributed by atoms with Crippen molar-refractivity contribution >= 4 is 5.71 Å². The van der Waals surface area contributed by atoms with Crippen LogP contribution < -0.4 is 0 Å². The van der Waals surface area contributed by atoms with Crippen molar-refractivity contribution in [1.29, 1.82) is 0 Å². The molecule has 1 saturated carbocycles. The maximum absolute atomic E-state index is 9.06. The average Bonchev–Trinajstić information content (AvgIpc) is 2.37. The molecule has 0 bridgehead atoms. The lowest BCUT2D eigenvalue weighted by Gasteiger charge is -2.35. The summed E-state index contributed by atoms with van der Waals surface area (Å²) in [5.74, 6) is 1.26. The van der Waals surface area contributed by atoms with Crippen molar-refractivity contribution in [1.82, 2.24) is 0 Å². The number of rotatable bonds is 3. The Morgan fingerprint density at radius 2 is 2.33 bits per heavy atom. The quantitative estimate of drug-likeness (QED) is 0.437. The molecule has 18 heavy (non-hydrogen) atoms. The summed E-state index contributed by atoms with van der Waals surface area (Å²) in [6, 6.07) is 0. The fraction of sp³-hybridized carbons (Fsp3) is 0.688. The molecule has 2 rings (SSSR count). The predicted octanol–water partition coefficient (Wildman–Crippen LogP) is 4.70.